The fraction of sp³-hybridized carbons (Fsp3) is 0.727. The molecular formula is C11H19ClN2O5. The highest BCUT2D eigenvalue weighted by Gasteiger charge is 2.41. The van der Waals surface area contributed by atoms with E-state index in [1.807, 2.05) is 0 Å². The molecule has 2 amide bonds. The van der Waals surface area contributed by atoms with Crippen molar-refractivity contribution in [1.29, 1.82) is 0 Å². The number of carbonyl (C=O) groups is 1. The molecule has 1 saturated heterocycles. The topological polar surface area (TPSA) is 102 Å². The van der Waals surface area contributed by atoms with Gasteiger partial charge in [-0.2, -0.15) is 0 Å². The number of rotatable bonds is 5. The van der Waals surface area contributed by atoms with Crippen LogP contribution in [0.25, 0.3) is 0 Å². The van der Waals surface area contributed by atoms with E-state index < -0.39 is 30.6 Å². The van der Waals surface area contributed by atoms with Gasteiger partial charge >= 0.3 is 6.03 Å². The summed E-state index contributed by atoms with van der Waals surface area (Å²) < 4.78 is 5.21. The number of hydrogen-bond acceptors (Lipinski definition) is 5. The van der Waals surface area contributed by atoms with Crippen molar-refractivity contribution in [3.05, 3.63) is 12.7 Å². The van der Waals surface area contributed by atoms with Gasteiger partial charge in [-0.1, -0.05) is 6.08 Å². The van der Waals surface area contributed by atoms with Crippen LogP contribution in [-0.2, 0) is 4.74 Å². The van der Waals surface area contributed by atoms with E-state index >= 15 is 0 Å². The highest BCUT2D eigenvalue weighted by Crippen LogP contribution is 2.19. The first kappa shape index (κ1) is 16.2. The van der Waals surface area contributed by atoms with Crippen molar-refractivity contribution in [3.63, 3.8) is 0 Å². The van der Waals surface area contributed by atoms with Gasteiger partial charge in [0, 0.05) is 19.0 Å². The minimum Gasteiger partial charge on any atom is -0.388 e. The van der Waals surface area contributed by atoms with Crippen molar-refractivity contribution < 1.29 is 24.9 Å². The van der Waals surface area contributed by atoms with Crippen LogP contribution in [-0.4, -0.2) is 76.4 Å². The Labute approximate surface area is 116 Å². The van der Waals surface area contributed by atoms with Gasteiger partial charge in [0.1, 0.15) is 18.3 Å². The van der Waals surface area contributed by atoms with Crippen molar-refractivity contribution in [2.24, 2.45) is 0 Å². The highest BCUT2D eigenvalue weighted by molar-refractivity contribution is 6.18. The summed E-state index contributed by atoms with van der Waals surface area (Å²) in [4.78, 5) is 13.1. The van der Waals surface area contributed by atoms with Gasteiger partial charge in [-0.3, -0.25) is 4.90 Å². The van der Waals surface area contributed by atoms with E-state index in [0.29, 0.717) is 0 Å². The van der Waals surface area contributed by atoms with E-state index in [9.17, 15) is 20.1 Å². The Morgan fingerprint density at radius 1 is 1.47 bits per heavy atom. The third kappa shape index (κ3) is 4.05. The third-order valence-electron chi connectivity index (χ3n) is 2.74. The van der Waals surface area contributed by atoms with Crippen LogP contribution in [0.3, 0.4) is 0 Å². The average Bonchev–Trinajstić information content (AvgIpc) is 2.40. The molecule has 4 atom stereocenters. The second-order valence-corrected chi connectivity index (χ2v) is 4.51. The standard InChI is InChI=1S/C11H19ClN2O5/c1-2-5-14(11(18)13-4-3-12)10-9(17)8(16)7(15)6-19-10/h2,7-10,15-17H,1,3-6H2,(H,13,18)/t7-,8-,9+,10-/m1/s1. The summed E-state index contributed by atoms with van der Waals surface area (Å²) >= 11 is 5.48. The molecule has 19 heavy (non-hydrogen) atoms. The maximum Gasteiger partial charge on any atom is 0.319 e. The van der Waals surface area contributed by atoms with Crippen molar-refractivity contribution >= 4 is 17.6 Å². The minimum absolute atomic E-state index is 0.124. The summed E-state index contributed by atoms with van der Waals surface area (Å²) in [7, 11) is 0. The molecule has 0 unspecified atom stereocenters. The molecule has 1 aliphatic rings. The summed E-state index contributed by atoms with van der Waals surface area (Å²) in [6.07, 6.45) is -3.53. The van der Waals surface area contributed by atoms with Gasteiger partial charge in [0.15, 0.2) is 6.23 Å². The minimum atomic E-state index is -1.40. The summed E-state index contributed by atoms with van der Waals surface area (Å²) in [5.74, 6) is 0.253. The van der Waals surface area contributed by atoms with Gasteiger partial charge in [0.05, 0.1) is 6.61 Å². The van der Waals surface area contributed by atoms with E-state index in [1.54, 1.807) is 0 Å². The SMILES string of the molecule is C=CCN(C(=O)NCCCl)[C@@H]1OC[C@@H](O)[C@@H](O)[C@@H]1O. The van der Waals surface area contributed by atoms with Gasteiger partial charge in [-0.05, 0) is 0 Å². The van der Waals surface area contributed by atoms with Gasteiger partial charge in [0.2, 0.25) is 0 Å². The number of hydrogen-bond donors (Lipinski definition) is 4. The van der Waals surface area contributed by atoms with Crippen LogP contribution < -0.4 is 5.32 Å². The lowest BCUT2D eigenvalue weighted by atomic mass is 10.0. The molecule has 0 radical (unpaired) electrons. The molecule has 1 rings (SSSR count). The molecule has 1 fully saturated rings. The number of ether oxygens (including phenoxy) is 1. The van der Waals surface area contributed by atoms with Gasteiger partial charge < -0.3 is 25.4 Å². The molecule has 8 heteroatoms. The van der Waals surface area contributed by atoms with E-state index in [4.69, 9.17) is 16.3 Å². The average molecular weight is 295 g/mol. The number of nitrogens with one attached hydrogen (secondary N) is 1. The Morgan fingerprint density at radius 2 is 2.16 bits per heavy atom. The maximum atomic E-state index is 11.9. The fourth-order valence-electron chi connectivity index (χ4n) is 1.76. The van der Waals surface area contributed by atoms with Crippen molar-refractivity contribution in [2.75, 3.05) is 25.6 Å². The zero-order valence-electron chi connectivity index (χ0n) is 10.4. The Hall–Kier alpha value is -0.860. The van der Waals surface area contributed by atoms with Crippen LogP contribution in [0.15, 0.2) is 12.7 Å². The number of carbonyl (C=O) groups excluding carboxylic acids is 1. The van der Waals surface area contributed by atoms with Gasteiger partial charge in [-0.15, -0.1) is 18.2 Å². The number of amides is 2. The maximum absolute atomic E-state index is 11.9. The van der Waals surface area contributed by atoms with Crippen LogP contribution >= 0.6 is 11.6 Å². The lowest BCUT2D eigenvalue weighted by molar-refractivity contribution is -0.217. The van der Waals surface area contributed by atoms with E-state index in [0.717, 1.165) is 0 Å². The number of aliphatic hydroxyl groups is 3. The normalized spacial score (nSPS) is 30.7. The molecule has 1 aliphatic heterocycles. The first-order valence-electron chi connectivity index (χ1n) is 5.90. The molecule has 7 nitrogen and oxygen atoms in total. The summed E-state index contributed by atoms with van der Waals surface area (Å²) in [5, 5.41) is 31.4. The second-order valence-electron chi connectivity index (χ2n) is 4.13. The van der Waals surface area contributed by atoms with Crippen LogP contribution in [0.4, 0.5) is 4.79 Å². The molecule has 0 saturated carbocycles. The van der Waals surface area contributed by atoms with Crippen molar-refractivity contribution in [1.82, 2.24) is 10.2 Å². The van der Waals surface area contributed by atoms with Crippen LogP contribution in [0.5, 0.6) is 0 Å². The van der Waals surface area contributed by atoms with Crippen molar-refractivity contribution in [3.8, 4) is 0 Å². The van der Waals surface area contributed by atoms with E-state index in [2.05, 4.69) is 11.9 Å². The van der Waals surface area contributed by atoms with Crippen molar-refractivity contribution in [2.45, 2.75) is 24.5 Å². The molecular weight excluding hydrogens is 276 g/mol. The first-order chi connectivity index (χ1) is 9.02. The molecule has 0 spiro atoms. The van der Waals surface area contributed by atoms with Crippen LogP contribution in [0, 0.1) is 0 Å². The molecule has 0 bridgehead atoms. The lowest BCUT2D eigenvalue weighted by Crippen LogP contribution is -2.61. The van der Waals surface area contributed by atoms with Gasteiger partial charge in [-0.25, -0.2) is 4.79 Å². The molecule has 0 aromatic carbocycles. The van der Waals surface area contributed by atoms with Crippen LogP contribution in [0.2, 0.25) is 0 Å². The Bertz CT molecular complexity index is 317. The summed E-state index contributed by atoms with van der Waals surface area (Å²) in [5.41, 5.74) is 0. The fourth-order valence-corrected chi connectivity index (χ4v) is 1.86. The monoisotopic (exact) mass is 294 g/mol. The summed E-state index contributed by atoms with van der Waals surface area (Å²) in [6, 6.07) is -0.492. The number of nitrogens with zero attached hydrogens (tertiary/aromatic N) is 1. The number of urea groups is 1. The summed E-state index contributed by atoms with van der Waals surface area (Å²) in [6.45, 7) is 3.74. The zero-order chi connectivity index (χ0) is 14.4. The molecule has 0 aromatic heterocycles. The predicted octanol–water partition coefficient (Wildman–Crippen LogP) is -1.14. The Morgan fingerprint density at radius 3 is 2.74 bits per heavy atom. The van der Waals surface area contributed by atoms with Gasteiger partial charge in [0.25, 0.3) is 0 Å². The quantitative estimate of drug-likeness (QED) is 0.379. The number of alkyl halides is 1. The van der Waals surface area contributed by atoms with E-state index in [-0.39, 0.29) is 25.6 Å². The first-order valence-corrected chi connectivity index (χ1v) is 6.43. The lowest BCUT2D eigenvalue weighted by Gasteiger charge is -2.40. The highest BCUT2D eigenvalue weighted by atomic mass is 35.5. The molecule has 110 valence electrons. The largest absolute Gasteiger partial charge is 0.388 e. The molecule has 0 aliphatic carbocycles. The smallest absolute Gasteiger partial charge is 0.319 e. The Kier molecular flexibility index (Phi) is 6.53. The molecule has 4 N–H and O–H groups in total. The van der Waals surface area contributed by atoms with Crippen LogP contribution in [0.1, 0.15) is 0 Å². The zero-order valence-corrected chi connectivity index (χ0v) is 11.2. The Balaban J connectivity index is 2.74. The molecule has 0 aromatic rings. The third-order valence-corrected chi connectivity index (χ3v) is 2.93. The van der Waals surface area contributed by atoms with E-state index in [1.165, 1.54) is 11.0 Å². The second kappa shape index (κ2) is 7.66. The number of aliphatic hydroxyl groups excluding tert-OH is 3. The molecule has 1 heterocycles. The number of halogens is 1. The predicted molar refractivity (Wildman–Crippen MR) is 68.8 cm³/mol.